The highest BCUT2D eigenvalue weighted by molar-refractivity contribution is 8.00. The monoisotopic (exact) mass is 716 g/mol. The van der Waals surface area contributed by atoms with Gasteiger partial charge in [0.15, 0.2) is 16.6 Å². The van der Waals surface area contributed by atoms with Crippen LogP contribution >= 0.6 is 34.7 Å². The number of benzene rings is 4. The molecule has 1 atom stereocenters. The number of methoxy groups -OCH3 is 2. The van der Waals surface area contributed by atoms with E-state index >= 15 is 0 Å². The molecule has 250 valence electrons. The number of carbonyl (C=O) groups is 3. The van der Waals surface area contributed by atoms with Crippen LogP contribution in [0.3, 0.4) is 0 Å². The minimum Gasteiger partial charge on any atom is -0.493 e. The fourth-order valence-corrected chi connectivity index (χ4v) is 6.37. The van der Waals surface area contributed by atoms with Crippen LogP contribution in [0.25, 0.3) is 17.3 Å². The fraction of sp³-hybridized carbons (Fsp3) is 0.111. The van der Waals surface area contributed by atoms with Gasteiger partial charge in [0.1, 0.15) is 11.5 Å². The lowest BCUT2D eigenvalue weighted by molar-refractivity contribution is -0.115. The molecule has 1 heterocycles. The Balaban J connectivity index is 1.26. The third-order valence-corrected chi connectivity index (χ3v) is 9.19. The molecule has 0 aliphatic heterocycles. The standard InChI is InChI=1S/C36H30ClFN4O5S2/c1-21(33(43)42-36-41-30(20-48-36)23-15-16-31(46-2)32(17-23)47-3)49-25-12-7-11-24(18-25)39-35(45)29(19-26-27(37)13-8-14-28(26)38)40-34(44)22-9-5-4-6-10-22/h4-21H,1-3H3,(H,39,45)(H,40,44)(H,41,42,43)/b29-19+. The molecule has 5 rings (SSSR count). The van der Waals surface area contributed by atoms with Gasteiger partial charge in [-0.05, 0) is 73.7 Å². The molecule has 9 nitrogen and oxygen atoms in total. The predicted octanol–water partition coefficient (Wildman–Crippen LogP) is 8.15. The number of nitrogens with one attached hydrogen (secondary N) is 3. The maximum atomic E-state index is 14.7. The number of hydrogen-bond donors (Lipinski definition) is 3. The molecule has 0 bridgehead atoms. The minimum atomic E-state index is -0.703. The normalized spacial score (nSPS) is 11.7. The van der Waals surface area contributed by atoms with Crippen LogP contribution in [0.15, 0.2) is 107 Å². The minimum absolute atomic E-state index is 0.0529. The van der Waals surface area contributed by atoms with Gasteiger partial charge < -0.3 is 25.4 Å². The first-order chi connectivity index (χ1) is 23.6. The van der Waals surface area contributed by atoms with Crippen LogP contribution in [-0.2, 0) is 9.59 Å². The van der Waals surface area contributed by atoms with Crippen LogP contribution < -0.4 is 25.4 Å². The zero-order chi connectivity index (χ0) is 34.9. The van der Waals surface area contributed by atoms with Crippen molar-refractivity contribution >= 4 is 69.3 Å². The van der Waals surface area contributed by atoms with Gasteiger partial charge >= 0.3 is 0 Å². The largest absolute Gasteiger partial charge is 0.493 e. The second-order valence-electron chi connectivity index (χ2n) is 10.4. The van der Waals surface area contributed by atoms with E-state index in [0.29, 0.717) is 38.5 Å². The van der Waals surface area contributed by atoms with Gasteiger partial charge in [0, 0.05) is 32.7 Å². The molecule has 13 heteroatoms. The van der Waals surface area contributed by atoms with E-state index in [0.717, 1.165) is 5.56 Å². The molecule has 0 radical (unpaired) electrons. The molecule has 3 N–H and O–H groups in total. The number of thiazole rings is 1. The van der Waals surface area contributed by atoms with Gasteiger partial charge in [-0.2, -0.15) is 0 Å². The van der Waals surface area contributed by atoms with Crippen LogP contribution in [0.2, 0.25) is 5.02 Å². The number of halogens is 2. The van der Waals surface area contributed by atoms with Crippen molar-refractivity contribution < 1.29 is 28.2 Å². The quantitative estimate of drug-likeness (QED) is 0.0881. The van der Waals surface area contributed by atoms with E-state index in [9.17, 15) is 18.8 Å². The average molecular weight is 717 g/mol. The van der Waals surface area contributed by atoms with E-state index in [2.05, 4.69) is 20.9 Å². The highest BCUT2D eigenvalue weighted by Crippen LogP contribution is 2.34. The molecule has 3 amide bonds. The van der Waals surface area contributed by atoms with Crippen molar-refractivity contribution in [1.29, 1.82) is 0 Å². The maximum Gasteiger partial charge on any atom is 0.272 e. The molecule has 1 aromatic heterocycles. The molecule has 0 spiro atoms. The second kappa shape index (κ2) is 16.3. The number of thioether (sulfide) groups is 1. The summed E-state index contributed by atoms with van der Waals surface area (Å²) >= 11 is 8.79. The summed E-state index contributed by atoms with van der Waals surface area (Å²) in [6, 6.07) is 24.8. The number of anilines is 2. The van der Waals surface area contributed by atoms with E-state index in [1.54, 1.807) is 81.8 Å². The third-order valence-electron chi connectivity index (χ3n) is 7.00. The molecule has 0 saturated carbocycles. The average Bonchev–Trinajstić information content (AvgIpc) is 3.57. The zero-order valence-corrected chi connectivity index (χ0v) is 28.8. The lowest BCUT2D eigenvalue weighted by Crippen LogP contribution is -2.30. The second-order valence-corrected chi connectivity index (χ2v) is 13.0. The Morgan fingerprint density at radius 2 is 1.67 bits per heavy atom. The van der Waals surface area contributed by atoms with Crippen LogP contribution in [-0.4, -0.2) is 42.2 Å². The van der Waals surface area contributed by atoms with Crippen molar-refractivity contribution in [3.63, 3.8) is 0 Å². The summed E-state index contributed by atoms with van der Waals surface area (Å²) in [6.07, 6.45) is 1.19. The lowest BCUT2D eigenvalue weighted by atomic mass is 10.1. The molecule has 0 aliphatic rings. The Morgan fingerprint density at radius 1 is 0.918 bits per heavy atom. The molecule has 1 unspecified atom stereocenters. The van der Waals surface area contributed by atoms with E-state index in [1.807, 2.05) is 17.5 Å². The highest BCUT2D eigenvalue weighted by Gasteiger charge is 2.20. The van der Waals surface area contributed by atoms with Gasteiger partial charge in [-0.25, -0.2) is 9.37 Å². The molecule has 4 aromatic carbocycles. The topological polar surface area (TPSA) is 119 Å². The van der Waals surface area contributed by atoms with Gasteiger partial charge in [-0.3, -0.25) is 14.4 Å². The first-order valence-electron chi connectivity index (χ1n) is 14.7. The van der Waals surface area contributed by atoms with Gasteiger partial charge in [-0.1, -0.05) is 41.9 Å². The number of aromatic nitrogens is 1. The smallest absolute Gasteiger partial charge is 0.272 e. The van der Waals surface area contributed by atoms with Crippen LogP contribution in [0.5, 0.6) is 11.5 Å². The van der Waals surface area contributed by atoms with Crippen molar-refractivity contribution in [3.05, 3.63) is 124 Å². The van der Waals surface area contributed by atoms with Gasteiger partial charge in [-0.15, -0.1) is 23.1 Å². The van der Waals surface area contributed by atoms with Crippen molar-refractivity contribution in [2.75, 3.05) is 24.9 Å². The number of rotatable bonds is 12. The molecular weight excluding hydrogens is 687 g/mol. The number of nitrogens with zero attached hydrogens (tertiary/aromatic N) is 1. The lowest BCUT2D eigenvalue weighted by Gasteiger charge is -2.14. The summed E-state index contributed by atoms with van der Waals surface area (Å²) < 4.78 is 25.3. The van der Waals surface area contributed by atoms with Crippen LogP contribution in [0.4, 0.5) is 15.2 Å². The summed E-state index contributed by atoms with van der Waals surface area (Å²) in [4.78, 5) is 44.8. The van der Waals surface area contributed by atoms with E-state index in [-0.39, 0.29) is 22.2 Å². The fourth-order valence-electron chi connectivity index (χ4n) is 4.50. The van der Waals surface area contributed by atoms with Crippen molar-refractivity contribution in [3.8, 4) is 22.8 Å². The van der Waals surface area contributed by atoms with Crippen molar-refractivity contribution in [1.82, 2.24) is 10.3 Å². The predicted molar refractivity (Wildman–Crippen MR) is 193 cm³/mol. The van der Waals surface area contributed by atoms with Crippen molar-refractivity contribution in [2.45, 2.75) is 17.1 Å². The summed E-state index contributed by atoms with van der Waals surface area (Å²) in [6.45, 7) is 1.76. The number of hydrogen-bond acceptors (Lipinski definition) is 8. The Hall–Kier alpha value is -5.17. The summed E-state index contributed by atoms with van der Waals surface area (Å²) in [7, 11) is 3.12. The number of amides is 3. The molecule has 0 fully saturated rings. The molecule has 49 heavy (non-hydrogen) atoms. The van der Waals surface area contributed by atoms with Crippen LogP contribution in [0.1, 0.15) is 22.8 Å². The van der Waals surface area contributed by atoms with Gasteiger partial charge in [0.2, 0.25) is 5.91 Å². The third kappa shape index (κ3) is 9.05. The first kappa shape index (κ1) is 35.1. The Kier molecular flexibility index (Phi) is 11.7. The van der Waals surface area contributed by atoms with Crippen molar-refractivity contribution in [2.24, 2.45) is 0 Å². The summed E-state index contributed by atoms with van der Waals surface area (Å²) in [5, 5.41) is 10.0. The maximum absolute atomic E-state index is 14.7. The first-order valence-corrected chi connectivity index (χ1v) is 16.9. The van der Waals surface area contributed by atoms with Gasteiger partial charge in [0.25, 0.3) is 11.8 Å². The zero-order valence-electron chi connectivity index (χ0n) is 26.5. The molecular formula is C36H30ClFN4O5S2. The SMILES string of the molecule is COc1ccc(-c2csc(NC(=O)C(C)Sc3cccc(NC(=O)/C(=C\c4c(F)cccc4Cl)NC(=O)c4ccccc4)c3)n2)cc1OC. The Morgan fingerprint density at radius 3 is 2.41 bits per heavy atom. The number of ether oxygens (including phenoxy) is 2. The molecule has 0 aliphatic carbocycles. The molecule has 5 aromatic rings. The van der Waals surface area contributed by atoms with Gasteiger partial charge in [0.05, 0.1) is 30.2 Å². The number of carbonyl (C=O) groups excluding carboxylic acids is 3. The molecule has 0 saturated heterocycles. The van der Waals surface area contributed by atoms with E-state index < -0.39 is 22.9 Å². The summed E-state index contributed by atoms with van der Waals surface area (Å²) in [5.41, 5.74) is 1.91. The summed E-state index contributed by atoms with van der Waals surface area (Å²) in [5.74, 6) is -1.01. The van der Waals surface area contributed by atoms with E-state index in [1.165, 1.54) is 47.4 Å². The highest BCUT2D eigenvalue weighted by atomic mass is 35.5. The van der Waals surface area contributed by atoms with E-state index in [4.69, 9.17) is 21.1 Å². The Bertz CT molecular complexity index is 2000. The Labute approximate surface area is 295 Å². The van der Waals surface area contributed by atoms with Crippen LogP contribution in [0, 0.1) is 5.82 Å².